The minimum Gasteiger partial charge on any atom is -0.624 e. The zero-order valence-electron chi connectivity index (χ0n) is 10.1. The third-order valence-electron chi connectivity index (χ3n) is 2.13. The quantitative estimate of drug-likeness (QED) is 0.257. The van der Waals surface area contributed by atoms with Gasteiger partial charge in [0, 0.05) is 20.8 Å². The van der Waals surface area contributed by atoms with Crippen LogP contribution in [0.5, 0.6) is 0 Å². The Hall–Kier alpha value is -1.35. The molecule has 0 aliphatic carbocycles. The number of benzene rings is 1. The lowest BCUT2D eigenvalue weighted by Crippen LogP contribution is -2.30. The normalized spacial score (nSPS) is 12.8. The van der Waals surface area contributed by atoms with Crippen LogP contribution in [-0.4, -0.2) is 23.1 Å². The van der Waals surface area contributed by atoms with Gasteiger partial charge in [0.2, 0.25) is 0 Å². The molecule has 3 heteroatoms. The second kappa shape index (κ2) is 5.66. The molecule has 0 atom stereocenters. The predicted octanol–water partition coefficient (Wildman–Crippen LogP) is 2.58. The molecule has 0 amide bonds. The first-order chi connectivity index (χ1) is 7.50. The molecule has 0 aliphatic heterocycles. The fourth-order valence-electron chi connectivity index (χ4n) is 1.15. The van der Waals surface area contributed by atoms with E-state index in [1.165, 1.54) is 6.21 Å². The van der Waals surface area contributed by atoms with E-state index in [-0.39, 0.29) is 0 Å². The third-order valence-corrected chi connectivity index (χ3v) is 2.13. The number of rotatable bonds is 4. The minimum absolute atomic E-state index is 0.343. The minimum atomic E-state index is -0.393. The molecule has 16 heavy (non-hydrogen) atoms. The summed E-state index contributed by atoms with van der Waals surface area (Å²) in [6, 6.07) is 9.90. The average molecular weight is 221 g/mol. The highest BCUT2D eigenvalue weighted by atomic mass is 16.5. The van der Waals surface area contributed by atoms with Crippen LogP contribution in [0.4, 0.5) is 0 Å². The van der Waals surface area contributed by atoms with Crippen molar-refractivity contribution >= 4 is 6.21 Å². The highest BCUT2D eigenvalue weighted by molar-refractivity contribution is 5.52. The fraction of sp³-hybridized carbons (Fsp3) is 0.462. The summed E-state index contributed by atoms with van der Waals surface area (Å²) < 4.78 is 6.32. The molecule has 1 rings (SSSR count). The molecule has 0 spiro atoms. The molecule has 0 fully saturated rings. The first-order valence-electron chi connectivity index (χ1n) is 5.41. The summed E-state index contributed by atoms with van der Waals surface area (Å²) in [6.45, 7) is 6.49. The second-order valence-electron chi connectivity index (χ2n) is 4.68. The van der Waals surface area contributed by atoms with Gasteiger partial charge in [-0.3, -0.25) is 0 Å². The van der Waals surface area contributed by atoms with Gasteiger partial charge in [-0.25, -0.2) is 4.74 Å². The maximum Gasteiger partial charge on any atom is 0.177 e. The monoisotopic (exact) mass is 221 g/mol. The smallest absolute Gasteiger partial charge is 0.177 e. The van der Waals surface area contributed by atoms with Gasteiger partial charge in [0.1, 0.15) is 6.61 Å². The van der Waals surface area contributed by atoms with E-state index in [4.69, 9.17) is 4.74 Å². The van der Waals surface area contributed by atoms with E-state index in [9.17, 15) is 5.21 Å². The molecule has 0 N–H and O–H groups in total. The molecule has 1 aromatic carbocycles. The van der Waals surface area contributed by atoms with E-state index >= 15 is 0 Å². The van der Waals surface area contributed by atoms with Crippen molar-refractivity contribution in [3.05, 3.63) is 41.1 Å². The Labute approximate surface area is 97.0 Å². The lowest BCUT2D eigenvalue weighted by molar-refractivity contribution is -0.532. The summed E-state index contributed by atoms with van der Waals surface area (Å²) in [6.07, 6.45) is 1.53. The Morgan fingerprint density at radius 3 is 2.44 bits per heavy atom. The SMILES string of the molecule is CC(C)(C)[N+]([O-])=CCOCc1ccccc1. The van der Waals surface area contributed by atoms with Crippen LogP contribution < -0.4 is 0 Å². The van der Waals surface area contributed by atoms with Gasteiger partial charge in [0.05, 0.1) is 6.61 Å². The molecule has 0 saturated carbocycles. The van der Waals surface area contributed by atoms with Crippen molar-refractivity contribution in [1.29, 1.82) is 0 Å². The van der Waals surface area contributed by atoms with E-state index in [1.54, 1.807) is 0 Å². The highest BCUT2D eigenvalue weighted by Gasteiger charge is 2.17. The van der Waals surface area contributed by atoms with Crippen molar-refractivity contribution in [2.75, 3.05) is 6.61 Å². The molecule has 0 heterocycles. The van der Waals surface area contributed by atoms with Crippen LogP contribution in [0.1, 0.15) is 26.3 Å². The Morgan fingerprint density at radius 2 is 1.88 bits per heavy atom. The first kappa shape index (κ1) is 12.7. The molecule has 3 nitrogen and oxygen atoms in total. The number of ether oxygens (including phenoxy) is 1. The van der Waals surface area contributed by atoms with Gasteiger partial charge in [-0.05, 0) is 5.56 Å². The molecule has 0 aromatic heterocycles. The van der Waals surface area contributed by atoms with Gasteiger partial charge in [-0.2, -0.15) is 0 Å². The van der Waals surface area contributed by atoms with E-state index < -0.39 is 5.54 Å². The zero-order chi connectivity index (χ0) is 12.0. The van der Waals surface area contributed by atoms with Crippen LogP contribution in [0.3, 0.4) is 0 Å². The van der Waals surface area contributed by atoms with Gasteiger partial charge >= 0.3 is 0 Å². The van der Waals surface area contributed by atoms with Crippen molar-refractivity contribution in [3.8, 4) is 0 Å². The van der Waals surface area contributed by atoms with Crippen molar-refractivity contribution < 1.29 is 9.48 Å². The average Bonchev–Trinajstić information content (AvgIpc) is 2.24. The zero-order valence-corrected chi connectivity index (χ0v) is 10.1. The van der Waals surface area contributed by atoms with E-state index in [0.717, 1.165) is 10.3 Å². The molecule has 0 aliphatic rings. The van der Waals surface area contributed by atoms with E-state index in [1.807, 2.05) is 51.1 Å². The fourth-order valence-corrected chi connectivity index (χ4v) is 1.15. The van der Waals surface area contributed by atoms with Crippen molar-refractivity contribution in [2.24, 2.45) is 0 Å². The Balaban J connectivity index is 2.32. The molecule has 88 valence electrons. The Bertz CT molecular complexity index is 339. The van der Waals surface area contributed by atoms with Crippen LogP contribution in [0.25, 0.3) is 0 Å². The number of hydroxylamine groups is 1. The summed E-state index contributed by atoms with van der Waals surface area (Å²) in [7, 11) is 0. The van der Waals surface area contributed by atoms with Gasteiger partial charge in [-0.1, -0.05) is 30.3 Å². The van der Waals surface area contributed by atoms with Crippen molar-refractivity contribution in [3.63, 3.8) is 0 Å². The number of nitrogens with zero attached hydrogens (tertiary/aromatic N) is 1. The third kappa shape index (κ3) is 4.45. The lowest BCUT2D eigenvalue weighted by Gasteiger charge is -2.18. The van der Waals surface area contributed by atoms with Gasteiger partial charge in [-0.15, -0.1) is 0 Å². The molecule has 1 aromatic rings. The van der Waals surface area contributed by atoms with Crippen LogP contribution in [0.2, 0.25) is 0 Å². The van der Waals surface area contributed by atoms with E-state index in [2.05, 4.69) is 0 Å². The summed E-state index contributed by atoms with van der Waals surface area (Å²) >= 11 is 0. The topological polar surface area (TPSA) is 35.3 Å². The van der Waals surface area contributed by atoms with Crippen molar-refractivity contribution in [2.45, 2.75) is 32.9 Å². The molecular weight excluding hydrogens is 202 g/mol. The summed E-state index contributed by atoms with van der Waals surface area (Å²) in [5.74, 6) is 0. The summed E-state index contributed by atoms with van der Waals surface area (Å²) in [5.41, 5.74) is 0.722. The molecule has 0 radical (unpaired) electrons. The molecular formula is C13H19NO2. The standard InChI is InChI=1S/C13H19NO2/c1-13(2,3)14(15)9-10-16-11-12-7-5-4-6-8-12/h4-9H,10-11H2,1-3H3. The highest BCUT2D eigenvalue weighted by Crippen LogP contribution is 2.04. The number of hydrogen-bond acceptors (Lipinski definition) is 2. The van der Waals surface area contributed by atoms with E-state index in [0.29, 0.717) is 13.2 Å². The molecule has 0 unspecified atom stereocenters. The van der Waals surface area contributed by atoms with Gasteiger partial charge in [0.25, 0.3) is 0 Å². The molecule has 0 bridgehead atoms. The Morgan fingerprint density at radius 1 is 1.25 bits per heavy atom. The maximum absolute atomic E-state index is 11.5. The Kier molecular flexibility index (Phi) is 4.50. The molecule has 0 saturated heterocycles. The first-order valence-corrected chi connectivity index (χ1v) is 5.41. The summed E-state index contributed by atoms with van der Waals surface area (Å²) in [4.78, 5) is 0. The largest absolute Gasteiger partial charge is 0.624 e. The second-order valence-corrected chi connectivity index (χ2v) is 4.68. The van der Waals surface area contributed by atoms with Crippen LogP contribution >= 0.6 is 0 Å². The maximum atomic E-state index is 11.5. The lowest BCUT2D eigenvalue weighted by atomic mass is 10.1. The van der Waals surface area contributed by atoms with Crippen LogP contribution in [0, 0.1) is 5.21 Å². The van der Waals surface area contributed by atoms with Gasteiger partial charge in [0.15, 0.2) is 11.8 Å². The number of hydrogen-bond donors (Lipinski definition) is 0. The van der Waals surface area contributed by atoms with Crippen LogP contribution in [0.15, 0.2) is 30.3 Å². The van der Waals surface area contributed by atoms with Crippen LogP contribution in [-0.2, 0) is 11.3 Å². The summed E-state index contributed by atoms with van der Waals surface area (Å²) in [5, 5.41) is 11.5. The van der Waals surface area contributed by atoms with Crippen molar-refractivity contribution in [1.82, 2.24) is 0 Å². The van der Waals surface area contributed by atoms with Gasteiger partial charge < -0.3 is 9.94 Å². The predicted molar refractivity (Wildman–Crippen MR) is 65.5 cm³/mol.